The summed E-state index contributed by atoms with van der Waals surface area (Å²) in [4.78, 5) is 11.5. The highest BCUT2D eigenvalue weighted by atomic mass is 19.1. The number of rotatable bonds is 7. The number of nitrogens with one attached hydrogen (secondary N) is 1. The Hall–Kier alpha value is -3.68. The van der Waals surface area contributed by atoms with Gasteiger partial charge in [-0.3, -0.25) is 4.68 Å². The molecule has 0 unspecified atom stereocenters. The first-order valence-corrected chi connectivity index (χ1v) is 11.8. The van der Waals surface area contributed by atoms with Crippen molar-refractivity contribution in [3.63, 3.8) is 0 Å². The maximum Gasteiger partial charge on any atom is 0.166 e. The smallest absolute Gasteiger partial charge is 0.166 e. The van der Waals surface area contributed by atoms with Crippen LogP contribution in [-0.2, 0) is 13.1 Å². The summed E-state index contributed by atoms with van der Waals surface area (Å²) in [6, 6.07) is 9.92. The number of anilines is 1. The number of benzene rings is 1. The van der Waals surface area contributed by atoms with Gasteiger partial charge in [0.05, 0.1) is 23.3 Å². The van der Waals surface area contributed by atoms with Gasteiger partial charge in [-0.25, -0.2) is 14.4 Å². The first kappa shape index (κ1) is 22.1. The van der Waals surface area contributed by atoms with Gasteiger partial charge >= 0.3 is 0 Å². The minimum Gasteiger partial charge on any atom is -0.388 e. The number of hydrogen-bond acceptors (Lipinski definition) is 5. The van der Waals surface area contributed by atoms with Crippen LogP contribution < -0.4 is 10.2 Å². The molecule has 0 radical (unpaired) electrons. The lowest BCUT2D eigenvalue weighted by molar-refractivity contribution is 0.605. The van der Waals surface area contributed by atoms with Gasteiger partial charge in [0.2, 0.25) is 0 Å². The second-order valence-electron chi connectivity index (χ2n) is 8.83. The van der Waals surface area contributed by atoms with E-state index in [4.69, 9.17) is 4.98 Å². The molecule has 5 rings (SSSR count). The standard InChI is InChI=1S/C26H30FN7/c1-5-32-12-10-21(31-32)16-34-24-9-8-19(18(3)28-4)14-23(24)30-25(34)20-13-22(27)26(29-15-20)33-11-6-7-17(33)2/h8-10,12-15,17,28H,3,5-7,11,16H2,1-2,4H3/t17-/m0/s1. The Morgan fingerprint density at radius 2 is 2.12 bits per heavy atom. The van der Waals surface area contributed by atoms with Crippen molar-refractivity contribution in [2.24, 2.45) is 0 Å². The highest BCUT2D eigenvalue weighted by Gasteiger charge is 2.25. The van der Waals surface area contributed by atoms with Crippen molar-refractivity contribution in [3.8, 4) is 11.4 Å². The summed E-state index contributed by atoms with van der Waals surface area (Å²) in [5, 5.41) is 7.73. The van der Waals surface area contributed by atoms with Crippen LogP contribution in [0.1, 0.15) is 37.9 Å². The lowest BCUT2D eigenvalue weighted by atomic mass is 10.1. The molecule has 1 aliphatic heterocycles. The normalized spacial score (nSPS) is 15.9. The number of halogens is 1. The zero-order chi connectivity index (χ0) is 23.8. The van der Waals surface area contributed by atoms with Gasteiger partial charge in [-0.15, -0.1) is 0 Å². The van der Waals surface area contributed by atoms with E-state index in [1.807, 2.05) is 42.2 Å². The lowest BCUT2D eigenvalue weighted by Crippen LogP contribution is -2.28. The molecule has 1 fully saturated rings. The van der Waals surface area contributed by atoms with Crippen LogP contribution in [0, 0.1) is 5.82 Å². The molecule has 1 saturated heterocycles. The average molecular weight is 460 g/mol. The maximum atomic E-state index is 15.3. The molecule has 1 N–H and O–H groups in total. The minimum absolute atomic E-state index is 0.296. The Morgan fingerprint density at radius 1 is 1.26 bits per heavy atom. The van der Waals surface area contributed by atoms with Crippen molar-refractivity contribution >= 4 is 22.5 Å². The summed E-state index contributed by atoms with van der Waals surface area (Å²) in [5.74, 6) is 0.774. The van der Waals surface area contributed by atoms with Gasteiger partial charge in [0, 0.05) is 49.8 Å². The van der Waals surface area contributed by atoms with E-state index in [0.717, 1.165) is 53.9 Å². The van der Waals surface area contributed by atoms with E-state index in [9.17, 15) is 0 Å². The molecule has 0 bridgehead atoms. The van der Waals surface area contributed by atoms with Crippen molar-refractivity contribution in [1.29, 1.82) is 0 Å². The predicted octanol–water partition coefficient (Wildman–Crippen LogP) is 4.68. The summed E-state index contributed by atoms with van der Waals surface area (Å²) < 4.78 is 19.2. The first-order chi connectivity index (χ1) is 16.5. The first-order valence-electron chi connectivity index (χ1n) is 11.8. The van der Waals surface area contributed by atoms with Crippen molar-refractivity contribution < 1.29 is 4.39 Å². The van der Waals surface area contributed by atoms with E-state index in [1.54, 1.807) is 12.3 Å². The monoisotopic (exact) mass is 459 g/mol. The fraction of sp³-hybridized carbons (Fsp3) is 0.346. The molecule has 0 amide bonds. The Morgan fingerprint density at radius 3 is 2.79 bits per heavy atom. The maximum absolute atomic E-state index is 15.3. The summed E-state index contributed by atoms with van der Waals surface area (Å²) in [6.07, 6.45) is 5.82. The molecular formula is C26H30FN7. The Balaban J connectivity index is 1.61. The fourth-order valence-electron chi connectivity index (χ4n) is 4.68. The van der Waals surface area contributed by atoms with Crippen LogP contribution in [0.5, 0.6) is 0 Å². The van der Waals surface area contributed by atoms with Crippen molar-refractivity contribution in [3.05, 3.63) is 66.4 Å². The van der Waals surface area contributed by atoms with E-state index >= 15 is 4.39 Å². The molecule has 4 heterocycles. The Kier molecular flexibility index (Phi) is 5.81. The molecule has 0 saturated carbocycles. The summed E-state index contributed by atoms with van der Waals surface area (Å²) in [5.41, 5.74) is 5.11. The third-order valence-electron chi connectivity index (χ3n) is 6.64. The molecule has 0 spiro atoms. The van der Waals surface area contributed by atoms with Crippen LogP contribution in [0.4, 0.5) is 10.2 Å². The van der Waals surface area contributed by atoms with Gasteiger partial charge in [-0.1, -0.05) is 12.6 Å². The van der Waals surface area contributed by atoms with Gasteiger partial charge in [0.1, 0.15) is 5.82 Å². The van der Waals surface area contributed by atoms with Crippen LogP contribution in [0.15, 0.2) is 49.3 Å². The number of hydrogen-bond donors (Lipinski definition) is 1. The van der Waals surface area contributed by atoms with Gasteiger partial charge in [0.25, 0.3) is 0 Å². The van der Waals surface area contributed by atoms with Gasteiger partial charge in [-0.2, -0.15) is 5.10 Å². The number of aromatic nitrogens is 5. The molecular weight excluding hydrogens is 429 g/mol. The molecule has 176 valence electrons. The largest absolute Gasteiger partial charge is 0.388 e. The van der Waals surface area contributed by atoms with Gasteiger partial charge in [-0.05, 0) is 56.5 Å². The number of fused-ring (bicyclic) bond motifs is 1. The van der Waals surface area contributed by atoms with E-state index in [0.29, 0.717) is 29.8 Å². The third-order valence-corrected chi connectivity index (χ3v) is 6.64. The molecule has 3 aromatic heterocycles. The topological polar surface area (TPSA) is 63.8 Å². The quantitative estimate of drug-likeness (QED) is 0.435. The van der Waals surface area contributed by atoms with Crippen LogP contribution in [0.3, 0.4) is 0 Å². The average Bonchev–Trinajstić information content (AvgIpc) is 3.57. The molecule has 34 heavy (non-hydrogen) atoms. The van der Waals surface area contributed by atoms with Crippen molar-refractivity contribution in [2.45, 2.75) is 45.8 Å². The Bertz CT molecular complexity index is 1350. The number of nitrogens with zero attached hydrogens (tertiary/aromatic N) is 6. The molecule has 1 aromatic carbocycles. The van der Waals surface area contributed by atoms with Crippen LogP contribution in [-0.4, -0.2) is 43.9 Å². The molecule has 1 aliphatic rings. The van der Waals surface area contributed by atoms with Gasteiger partial charge in [0.15, 0.2) is 11.6 Å². The zero-order valence-corrected chi connectivity index (χ0v) is 19.9. The van der Waals surface area contributed by atoms with Crippen LogP contribution in [0.2, 0.25) is 0 Å². The minimum atomic E-state index is -0.315. The van der Waals surface area contributed by atoms with E-state index in [1.165, 1.54) is 0 Å². The predicted molar refractivity (Wildman–Crippen MR) is 134 cm³/mol. The van der Waals surface area contributed by atoms with Crippen LogP contribution in [0.25, 0.3) is 28.1 Å². The van der Waals surface area contributed by atoms with E-state index in [-0.39, 0.29) is 5.82 Å². The highest BCUT2D eigenvalue weighted by molar-refractivity contribution is 5.84. The number of imidazole rings is 1. The van der Waals surface area contributed by atoms with Crippen molar-refractivity contribution in [2.75, 3.05) is 18.5 Å². The van der Waals surface area contributed by atoms with E-state index < -0.39 is 0 Å². The zero-order valence-electron chi connectivity index (χ0n) is 19.9. The third kappa shape index (κ3) is 3.93. The SMILES string of the molecule is C=C(NC)c1ccc2c(c1)nc(-c1cnc(N3CCC[C@@H]3C)c(F)c1)n2Cc1ccn(CC)n1. The molecule has 8 heteroatoms. The lowest BCUT2D eigenvalue weighted by Gasteiger charge is -2.23. The highest BCUT2D eigenvalue weighted by Crippen LogP contribution is 2.31. The fourth-order valence-corrected chi connectivity index (χ4v) is 4.68. The van der Waals surface area contributed by atoms with Gasteiger partial charge < -0.3 is 14.8 Å². The number of aryl methyl sites for hydroxylation is 1. The summed E-state index contributed by atoms with van der Waals surface area (Å²) >= 11 is 0. The summed E-state index contributed by atoms with van der Waals surface area (Å²) in [7, 11) is 1.85. The van der Waals surface area contributed by atoms with Crippen LogP contribution >= 0.6 is 0 Å². The molecule has 7 nitrogen and oxygen atoms in total. The second kappa shape index (κ2) is 8.93. The second-order valence-corrected chi connectivity index (χ2v) is 8.83. The molecule has 1 atom stereocenters. The molecule has 4 aromatic rings. The Labute approximate surface area is 198 Å². The van der Waals surface area contributed by atoms with Crippen molar-refractivity contribution in [1.82, 2.24) is 29.6 Å². The number of pyridine rings is 1. The molecule has 0 aliphatic carbocycles. The van der Waals surface area contributed by atoms with E-state index in [2.05, 4.69) is 45.3 Å². The summed E-state index contributed by atoms with van der Waals surface area (Å²) in [6.45, 7) is 10.4.